The van der Waals surface area contributed by atoms with Crippen LogP contribution in [0.2, 0.25) is 0 Å². The summed E-state index contributed by atoms with van der Waals surface area (Å²) in [6.45, 7) is -0.554. The van der Waals surface area contributed by atoms with Crippen LogP contribution in [0.1, 0.15) is 11.6 Å². The molecule has 0 saturated carbocycles. The van der Waals surface area contributed by atoms with E-state index in [9.17, 15) is 28.2 Å². The van der Waals surface area contributed by atoms with Gasteiger partial charge in [0, 0.05) is 19.7 Å². The lowest BCUT2D eigenvalue weighted by Gasteiger charge is -2.45. The van der Waals surface area contributed by atoms with Crippen molar-refractivity contribution in [3.8, 4) is 11.3 Å². The first kappa shape index (κ1) is 27.7. The van der Waals surface area contributed by atoms with Crippen LogP contribution >= 0.6 is 0 Å². The highest BCUT2D eigenvalue weighted by molar-refractivity contribution is 5.81. The van der Waals surface area contributed by atoms with Gasteiger partial charge in [0.1, 0.15) is 36.2 Å². The molecule has 1 amide bonds. The largest absolute Gasteiger partial charge is 0.394 e. The zero-order valence-electron chi connectivity index (χ0n) is 20.5. The van der Waals surface area contributed by atoms with Crippen molar-refractivity contribution >= 4 is 5.91 Å². The Labute approximate surface area is 215 Å². The summed E-state index contributed by atoms with van der Waals surface area (Å²) in [5.41, 5.74) is 0.686. The molecule has 0 aliphatic carbocycles. The van der Waals surface area contributed by atoms with Gasteiger partial charge >= 0.3 is 0 Å². The lowest BCUT2D eigenvalue weighted by atomic mass is 9.89. The van der Waals surface area contributed by atoms with Gasteiger partial charge in [-0.1, -0.05) is 35.5 Å². The molecule has 0 radical (unpaired) electrons. The van der Waals surface area contributed by atoms with Crippen molar-refractivity contribution in [3.63, 3.8) is 0 Å². The number of aliphatic hydroxyl groups excluding tert-OH is 2. The third kappa shape index (κ3) is 5.56. The van der Waals surface area contributed by atoms with Crippen molar-refractivity contribution in [1.29, 1.82) is 0 Å². The summed E-state index contributed by atoms with van der Waals surface area (Å²) >= 11 is 0. The second-order valence-electron chi connectivity index (χ2n) is 8.67. The van der Waals surface area contributed by atoms with Gasteiger partial charge in [0.15, 0.2) is 23.6 Å². The van der Waals surface area contributed by atoms with Crippen LogP contribution in [-0.4, -0.2) is 82.4 Å². The molecule has 13 heteroatoms. The molecule has 1 fully saturated rings. The van der Waals surface area contributed by atoms with E-state index >= 15 is 0 Å². The van der Waals surface area contributed by atoms with E-state index in [0.29, 0.717) is 0 Å². The summed E-state index contributed by atoms with van der Waals surface area (Å²) in [7, 11) is 2.76. The molecule has 38 heavy (non-hydrogen) atoms. The maximum atomic E-state index is 13.8. The molecule has 0 spiro atoms. The number of methoxy groups -OCH3 is 1. The lowest BCUT2D eigenvalue weighted by molar-refractivity contribution is -0.240. The highest BCUT2D eigenvalue weighted by atomic mass is 19.2. The van der Waals surface area contributed by atoms with E-state index in [0.717, 1.165) is 17.7 Å². The number of nitrogens with one attached hydrogen (secondary N) is 1. The van der Waals surface area contributed by atoms with Crippen molar-refractivity contribution < 1.29 is 42.4 Å². The molecule has 1 aliphatic rings. The van der Waals surface area contributed by atoms with Gasteiger partial charge in [-0.25, -0.2) is 17.9 Å². The van der Waals surface area contributed by atoms with Gasteiger partial charge in [0.05, 0.1) is 19.4 Å². The fraction of sp³-hybridized carbons (Fsp3) is 0.400. The van der Waals surface area contributed by atoms with Crippen molar-refractivity contribution in [3.05, 3.63) is 71.7 Å². The van der Waals surface area contributed by atoms with Gasteiger partial charge in [-0.2, -0.15) is 0 Å². The second-order valence-corrected chi connectivity index (χ2v) is 8.67. The summed E-state index contributed by atoms with van der Waals surface area (Å²) in [4.78, 5) is 12.9. The molecule has 2 heterocycles. The zero-order valence-corrected chi connectivity index (χ0v) is 20.5. The molecule has 1 aliphatic heterocycles. The van der Waals surface area contributed by atoms with E-state index in [4.69, 9.17) is 14.2 Å². The maximum absolute atomic E-state index is 13.8. The Morgan fingerprint density at radius 3 is 2.50 bits per heavy atom. The number of likely N-dealkylation sites (N-methyl/N-ethyl adjacent to an activating group) is 1. The fourth-order valence-corrected chi connectivity index (χ4v) is 4.42. The van der Waals surface area contributed by atoms with Gasteiger partial charge in [-0.3, -0.25) is 4.79 Å². The van der Waals surface area contributed by atoms with E-state index in [2.05, 4.69) is 15.6 Å². The quantitative estimate of drug-likeness (QED) is 0.350. The van der Waals surface area contributed by atoms with Gasteiger partial charge in [-0.05, 0) is 17.7 Å². The minimum Gasteiger partial charge on any atom is -0.394 e. The number of carbonyl (C=O) groups excluding carboxylic acids is 1. The Hall–Kier alpha value is -3.36. The summed E-state index contributed by atoms with van der Waals surface area (Å²) in [5.74, 6) is -4.96. The first-order valence-electron chi connectivity index (χ1n) is 11.7. The third-order valence-electron chi connectivity index (χ3n) is 6.35. The maximum Gasteiger partial charge on any atom is 0.251 e. The number of aliphatic hydroxyl groups is 2. The van der Waals surface area contributed by atoms with Crippen LogP contribution in [-0.2, 0) is 25.6 Å². The van der Waals surface area contributed by atoms with E-state index < -0.39 is 66.5 Å². The Bertz CT molecular complexity index is 1220. The average molecular weight is 537 g/mol. The number of hydrogen-bond donors (Lipinski definition) is 3. The number of rotatable bonds is 9. The lowest BCUT2D eigenvalue weighted by Crippen LogP contribution is -2.62. The van der Waals surface area contributed by atoms with Crippen LogP contribution in [0.15, 0.2) is 48.7 Å². The Balaban J connectivity index is 1.68. The Morgan fingerprint density at radius 1 is 1.21 bits per heavy atom. The van der Waals surface area contributed by atoms with Crippen molar-refractivity contribution in [1.82, 2.24) is 20.3 Å². The number of ether oxygens (including phenoxy) is 3. The molecule has 204 valence electrons. The summed E-state index contributed by atoms with van der Waals surface area (Å²) in [6, 6.07) is 9.56. The normalized spacial score (nSPS) is 24.2. The number of nitrogens with zero attached hydrogens (tertiary/aromatic N) is 3. The van der Waals surface area contributed by atoms with Crippen LogP contribution in [0.3, 0.4) is 0 Å². The number of amides is 1. The molecular formula is C25H27F3N4O6. The molecule has 10 nitrogen and oxygen atoms in total. The van der Waals surface area contributed by atoms with Gasteiger partial charge in [0.2, 0.25) is 0 Å². The number of hydrogen-bond acceptors (Lipinski definition) is 8. The molecule has 6 atom stereocenters. The molecule has 1 aromatic heterocycles. The highest BCUT2D eigenvalue weighted by Crippen LogP contribution is 2.35. The average Bonchev–Trinajstić information content (AvgIpc) is 3.42. The van der Waals surface area contributed by atoms with Crippen LogP contribution in [0.4, 0.5) is 13.2 Å². The topological polar surface area (TPSA) is 128 Å². The van der Waals surface area contributed by atoms with E-state index in [-0.39, 0.29) is 17.9 Å². The predicted octanol–water partition coefficient (Wildman–Crippen LogP) is 1.37. The van der Waals surface area contributed by atoms with Crippen molar-refractivity contribution in [2.24, 2.45) is 0 Å². The van der Waals surface area contributed by atoms with Gasteiger partial charge in [0.25, 0.3) is 5.91 Å². The summed E-state index contributed by atoms with van der Waals surface area (Å²) < 4.78 is 59.6. The third-order valence-corrected chi connectivity index (χ3v) is 6.35. The number of benzene rings is 2. The molecule has 3 N–H and O–H groups in total. The van der Waals surface area contributed by atoms with Gasteiger partial charge < -0.3 is 29.7 Å². The minimum atomic E-state index is -1.62. The molecule has 4 unspecified atom stereocenters. The number of halogens is 3. The van der Waals surface area contributed by atoms with Gasteiger partial charge in [-0.15, -0.1) is 5.10 Å². The van der Waals surface area contributed by atoms with Crippen LogP contribution in [0.25, 0.3) is 11.3 Å². The fourth-order valence-electron chi connectivity index (χ4n) is 4.42. The van der Waals surface area contributed by atoms with E-state index in [1.807, 2.05) is 30.3 Å². The van der Waals surface area contributed by atoms with Crippen molar-refractivity contribution in [2.45, 2.75) is 43.2 Å². The van der Waals surface area contributed by atoms with Crippen LogP contribution < -0.4 is 5.32 Å². The molecule has 4 rings (SSSR count). The standard InChI is InChI=1S/C25H27F3N4O6/c1-29-25(35)24(37-12-13-6-4-3-5-7-13)23-22(36-2)20(21(34)18(11-33)38-23)32-10-17(30-31-32)14-8-15(26)19(28)16(27)9-14/h3-10,18,20-24,33-34H,11-12H2,1-2H3,(H,29,35)/t18?,20?,21-,22?,23?,24-/m0/s1. The van der Waals surface area contributed by atoms with E-state index in [1.165, 1.54) is 25.0 Å². The van der Waals surface area contributed by atoms with Crippen LogP contribution in [0, 0.1) is 17.5 Å². The highest BCUT2D eigenvalue weighted by Gasteiger charge is 2.51. The summed E-state index contributed by atoms with van der Waals surface area (Å²) in [5, 5.41) is 31.4. The van der Waals surface area contributed by atoms with E-state index in [1.54, 1.807) is 0 Å². The predicted molar refractivity (Wildman–Crippen MR) is 126 cm³/mol. The zero-order chi connectivity index (χ0) is 27.4. The van der Waals surface area contributed by atoms with Crippen LogP contribution in [0.5, 0.6) is 0 Å². The molecule has 1 saturated heterocycles. The minimum absolute atomic E-state index is 0.0170. The smallest absolute Gasteiger partial charge is 0.251 e. The SMILES string of the molecule is CNC(=O)[C@@H](OCc1ccccc1)C1OC(CO)[C@H](O)C(n2cc(-c3cc(F)c(F)c(F)c3)nn2)C1OC. The monoisotopic (exact) mass is 536 g/mol. The van der Waals surface area contributed by atoms with Crippen molar-refractivity contribution in [2.75, 3.05) is 20.8 Å². The first-order chi connectivity index (χ1) is 18.3. The Morgan fingerprint density at radius 2 is 1.89 bits per heavy atom. The second kappa shape index (κ2) is 12.0. The Kier molecular flexibility index (Phi) is 8.74. The molecule has 2 aromatic carbocycles. The number of carbonyl (C=O) groups is 1. The molecule has 0 bridgehead atoms. The first-order valence-corrected chi connectivity index (χ1v) is 11.7. The molecule has 3 aromatic rings. The number of aromatic nitrogens is 3. The molecular weight excluding hydrogens is 509 g/mol. The summed E-state index contributed by atoms with van der Waals surface area (Å²) in [6.07, 6.45) is -4.68.